The van der Waals surface area contributed by atoms with Crippen LogP contribution >= 0.6 is 11.3 Å². The van der Waals surface area contributed by atoms with Gasteiger partial charge in [-0.2, -0.15) is 0 Å². The fraction of sp³-hybridized carbons (Fsp3) is 0.545. The number of rotatable bonds is 6. The average molecular weight is 287 g/mol. The minimum atomic E-state index is -1.46. The van der Waals surface area contributed by atoms with Crippen molar-refractivity contribution in [1.29, 1.82) is 0 Å². The Hall–Kier alpha value is -1.67. The SMILES string of the molecule is CCc1nc(NC(=O)NCCC(O)C(=O)O)sc1C. The molecule has 0 aliphatic heterocycles. The Morgan fingerprint density at radius 2 is 2.16 bits per heavy atom. The van der Waals surface area contributed by atoms with Crippen LogP contribution in [0.5, 0.6) is 0 Å². The molecule has 0 saturated carbocycles. The smallest absolute Gasteiger partial charge is 0.332 e. The van der Waals surface area contributed by atoms with E-state index in [9.17, 15) is 9.59 Å². The summed E-state index contributed by atoms with van der Waals surface area (Å²) in [5.74, 6) is -1.30. The molecule has 0 aromatic carbocycles. The molecule has 0 radical (unpaired) electrons. The van der Waals surface area contributed by atoms with Crippen LogP contribution in [0.4, 0.5) is 9.93 Å². The van der Waals surface area contributed by atoms with E-state index in [1.165, 1.54) is 11.3 Å². The molecule has 2 amide bonds. The molecule has 0 aliphatic carbocycles. The first-order chi connectivity index (χ1) is 8.93. The van der Waals surface area contributed by atoms with Crippen molar-refractivity contribution in [2.75, 3.05) is 11.9 Å². The third kappa shape index (κ3) is 4.84. The second-order valence-corrected chi connectivity index (χ2v) is 5.10. The number of anilines is 1. The number of urea groups is 1. The first-order valence-corrected chi connectivity index (χ1v) is 6.67. The monoisotopic (exact) mass is 287 g/mol. The summed E-state index contributed by atoms with van der Waals surface area (Å²) in [6.07, 6.45) is -0.704. The van der Waals surface area contributed by atoms with Gasteiger partial charge in [0, 0.05) is 17.8 Å². The number of carboxylic acid groups (broad SMARTS) is 1. The minimum absolute atomic E-state index is 0.0418. The standard InChI is InChI=1S/C11H17N3O4S/c1-3-7-6(2)19-11(13-7)14-10(18)12-5-4-8(15)9(16)17/h8,15H,3-5H2,1-2H3,(H,16,17)(H2,12,13,14,18). The first-order valence-electron chi connectivity index (χ1n) is 5.86. The van der Waals surface area contributed by atoms with Crippen molar-refractivity contribution < 1.29 is 19.8 Å². The van der Waals surface area contributed by atoms with Crippen LogP contribution < -0.4 is 10.6 Å². The van der Waals surface area contributed by atoms with Crippen LogP contribution in [0.15, 0.2) is 0 Å². The van der Waals surface area contributed by atoms with Crippen molar-refractivity contribution >= 4 is 28.5 Å². The van der Waals surface area contributed by atoms with E-state index in [0.29, 0.717) is 5.13 Å². The average Bonchev–Trinajstić information content (AvgIpc) is 2.68. The molecule has 4 N–H and O–H groups in total. The molecule has 1 aromatic heterocycles. The largest absolute Gasteiger partial charge is 0.479 e. The number of aliphatic carboxylic acids is 1. The number of aromatic nitrogens is 1. The number of carbonyl (C=O) groups is 2. The Labute approximate surface area is 114 Å². The van der Waals surface area contributed by atoms with Crippen LogP contribution in [-0.4, -0.2) is 39.8 Å². The Balaban J connectivity index is 2.36. The lowest BCUT2D eigenvalue weighted by Gasteiger charge is -2.07. The number of aryl methyl sites for hydroxylation is 2. The third-order valence-electron chi connectivity index (χ3n) is 2.44. The minimum Gasteiger partial charge on any atom is -0.479 e. The summed E-state index contributed by atoms with van der Waals surface area (Å²) in [5, 5.41) is 23.0. The quantitative estimate of drug-likeness (QED) is 0.623. The number of amides is 2. The predicted octanol–water partition coefficient (Wildman–Crippen LogP) is 0.971. The fourth-order valence-electron chi connectivity index (χ4n) is 1.40. The molecule has 1 rings (SSSR count). The van der Waals surface area contributed by atoms with Crippen LogP contribution in [-0.2, 0) is 11.2 Å². The van der Waals surface area contributed by atoms with E-state index in [4.69, 9.17) is 10.2 Å². The van der Waals surface area contributed by atoms with E-state index in [1.807, 2.05) is 13.8 Å². The highest BCUT2D eigenvalue weighted by Crippen LogP contribution is 2.21. The molecule has 19 heavy (non-hydrogen) atoms. The van der Waals surface area contributed by atoms with Gasteiger partial charge in [-0.3, -0.25) is 5.32 Å². The topological polar surface area (TPSA) is 112 Å². The Morgan fingerprint density at radius 3 is 2.68 bits per heavy atom. The number of hydrogen-bond acceptors (Lipinski definition) is 5. The predicted molar refractivity (Wildman–Crippen MR) is 71.5 cm³/mol. The number of aliphatic hydroxyl groups excluding tert-OH is 1. The van der Waals surface area contributed by atoms with E-state index in [0.717, 1.165) is 17.0 Å². The third-order valence-corrected chi connectivity index (χ3v) is 3.36. The number of nitrogens with one attached hydrogen (secondary N) is 2. The van der Waals surface area contributed by atoms with Crippen molar-refractivity contribution in [3.63, 3.8) is 0 Å². The van der Waals surface area contributed by atoms with Gasteiger partial charge in [-0.15, -0.1) is 11.3 Å². The van der Waals surface area contributed by atoms with Gasteiger partial charge >= 0.3 is 12.0 Å². The van der Waals surface area contributed by atoms with Crippen molar-refractivity contribution in [1.82, 2.24) is 10.3 Å². The highest BCUT2D eigenvalue weighted by molar-refractivity contribution is 7.15. The normalized spacial score (nSPS) is 11.9. The first kappa shape index (κ1) is 15.4. The zero-order valence-corrected chi connectivity index (χ0v) is 11.6. The zero-order valence-electron chi connectivity index (χ0n) is 10.8. The van der Waals surface area contributed by atoms with Crippen LogP contribution in [0.1, 0.15) is 23.9 Å². The summed E-state index contributed by atoms with van der Waals surface area (Å²) in [4.78, 5) is 27.1. The van der Waals surface area contributed by atoms with Gasteiger partial charge in [-0.05, 0) is 13.3 Å². The number of thiazole rings is 1. The van der Waals surface area contributed by atoms with Gasteiger partial charge in [0.2, 0.25) is 0 Å². The molecule has 8 heteroatoms. The summed E-state index contributed by atoms with van der Waals surface area (Å²) in [6.45, 7) is 3.99. The number of nitrogens with zero attached hydrogens (tertiary/aromatic N) is 1. The number of carboxylic acids is 1. The van der Waals surface area contributed by atoms with Gasteiger partial charge in [-0.1, -0.05) is 6.92 Å². The lowest BCUT2D eigenvalue weighted by molar-refractivity contribution is -0.146. The van der Waals surface area contributed by atoms with Gasteiger partial charge in [-0.25, -0.2) is 14.6 Å². The molecule has 0 saturated heterocycles. The van der Waals surface area contributed by atoms with Gasteiger partial charge in [0.25, 0.3) is 0 Å². The van der Waals surface area contributed by atoms with Gasteiger partial charge in [0.05, 0.1) is 5.69 Å². The molecule has 0 bridgehead atoms. The fourth-order valence-corrected chi connectivity index (χ4v) is 2.29. The van der Waals surface area contributed by atoms with Gasteiger partial charge in [0.15, 0.2) is 11.2 Å². The maximum absolute atomic E-state index is 11.5. The zero-order chi connectivity index (χ0) is 14.4. The maximum atomic E-state index is 11.5. The highest BCUT2D eigenvalue weighted by Gasteiger charge is 2.13. The van der Waals surface area contributed by atoms with E-state index in [2.05, 4.69) is 15.6 Å². The molecular formula is C11H17N3O4S. The van der Waals surface area contributed by atoms with Crippen molar-refractivity contribution in [3.8, 4) is 0 Å². The summed E-state index contributed by atoms with van der Waals surface area (Å²) >= 11 is 1.39. The number of carbonyl (C=O) groups excluding carboxylic acids is 1. The second kappa shape index (κ2) is 7.05. The highest BCUT2D eigenvalue weighted by atomic mass is 32.1. The van der Waals surface area contributed by atoms with Gasteiger partial charge < -0.3 is 15.5 Å². The summed E-state index contributed by atoms with van der Waals surface area (Å²) in [6, 6.07) is -0.464. The van der Waals surface area contributed by atoms with E-state index in [1.54, 1.807) is 0 Å². The molecule has 0 fully saturated rings. The molecule has 7 nitrogen and oxygen atoms in total. The molecule has 0 spiro atoms. The summed E-state index contributed by atoms with van der Waals surface area (Å²) < 4.78 is 0. The molecule has 1 atom stereocenters. The second-order valence-electron chi connectivity index (χ2n) is 3.90. The van der Waals surface area contributed by atoms with Crippen molar-refractivity contribution in [2.45, 2.75) is 32.8 Å². The molecule has 0 aliphatic rings. The van der Waals surface area contributed by atoms with E-state index in [-0.39, 0.29) is 13.0 Å². The lowest BCUT2D eigenvalue weighted by atomic mass is 10.2. The molecular weight excluding hydrogens is 270 g/mol. The Kier molecular flexibility index (Phi) is 5.71. The van der Waals surface area contributed by atoms with E-state index >= 15 is 0 Å². The van der Waals surface area contributed by atoms with Crippen LogP contribution in [0.3, 0.4) is 0 Å². The Morgan fingerprint density at radius 1 is 1.47 bits per heavy atom. The number of aliphatic hydroxyl groups is 1. The van der Waals surface area contributed by atoms with Crippen LogP contribution in [0.25, 0.3) is 0 Å². The van der Waals surface area contributed by atoms with Crippen LogP contribution in [0.2, 0.25) is 0 Å². The molecule has 1 unspecified atom stereocenters. The maximum Gasteiger partial charge on any atom is 0.332 e. The molecule has 106 valence electrons. The molecule has 1 aromatic rings. The van der Waals surface area contributed by atoms with Crippen molar-refractivity contribution in [2.24, 2.45) is 0 Å². The molecule has 1 heterocycles. The van der Waals surface area contributed by atoms with Crippen LogP contribution in [0, 0.1) is 6.92 Å². The van der Waals surface area contributed by atoms with Gasteiger partial charge in [0.1, 0.15) is 0 Å². The summed E-state index contributed by atoms with van der Waals surface area (Å²) in [5.41, 5.74) is 0.946. The Bertz CT molecular complexity index is 461. The summed E-state index contributed by atoms with van der Waals surface area (Å²) in [7, 11) is 0. The lowest BCUT2D eigenvalue weighted by Crippen LogP contribution is -2.33. The number of hydrogen-bond donors (Lipinski definition) is 4. The van der Waals surface area contributed by atoms with Crippen molar-refractivity contribution in [3.05, 3.63) is 10.6 Å². The van der Waals surface area contributed by atoms with E-state index < -0.39 is 18.1 Å².